The summed E-state index contributed by atoms with van der Waals surface area (Å²) in [5.74, 6) is 2.87. The summed E-state index contributed by atoms with van der Waals surface area (Å²) in [4.78, 5) is 22.2. The predicted molar refractivity (Wildman–Crippen MR) is 50.0 cm³/mol. The lowest BCUT2D eigenvalue weighted by Gasteiger charge is -2.18. The van der Waals surface area contributed by atoms with E-state index in [1.807, 2.05) is 0 Å². The van der Waals surface area contributed by atoms with E-state index in [0.29, 0.717) is 6.42 Å². The molecule has 0 saturated heterocycles. The van der Waals surface area contributed by atoms with Crippen LogP contribution in [-0.2, 0) is 9.59 Å². The van der Waals surface area contributed by atoms with Crippen molar-refractivity contribution in [2.24, 2.45) is 5.92 Å². The first-order valence-corrected chi connectivity index (χ1v) is 4.72. The Morgan fingerprint density at radius 3 is 2.85 bits per heavy atom. The van der Waals surface area contributed by atoms with Gasteiger partial charge < -0.3 is 0 Å². The summed E-state index contributed by atoms with van der Waals surface area (Å²) in [7, 11) is 0. The van der Waals surface area contributed by atoms with Crippen LogP contribution in [0, 0.1) is 18.3 Å². The molecule has 2 nitrogen and oxygen atoms in total. The molecule has 0 unspecified atom stereocenters. The second kappa shape index (κ2) is 4.81. The maximum absolute atomic E-state index is 11.3. The average molecular weight is 178 g/mol. The molecule has 0 spiro atoms. The number of Topliss-reactive ketones (excluding diaryl/α,β-unsaturated/α-hetero) is 2. The number of carbonyl (C=O) groups is 2. The normalized spacial score (nSPS) is 22.8. The zero-order chi connectivity index (χ0) is 9.68. The van der Waals surface area contributed by atoms with Crippen LogP contribution in [0.15, 0.2) is 0 Å². The molecule has 0 heterocycles. The van der Waals surface area contributed by atoms with Gasteiger partial charge in [0.25, 0.3) is 0 Å². The number of ketones is 2. The van der Waals surface area contributed by atoms with Gasteiger partial charge in [-0.3, -0.25) is 9.59 Å². The fraction of sp³-hybridized carbons (Fsp3) is 0.636. The van der Waals surface area contributed by atoms with Gasteiger partial charge >= 0.3 is 0 Å². The van der Waals surface area contributed by atoms with E-state index in [4.69, 9.17) is 6.42 Å². The zero-order valence-corrected chi connectivity index (χ0v) is 7.71. The highest BCUT2D eigenvalue weighted by molar-refractivity contribution is 6.02. The highest BCUT2D eigenvalue weighted by Gasteiger charge is 2.25. The molecule has 0 aromatic heterocycles. The van der Waals surface area contributed by atoms with Gasteiger partial charge in [0.15, 0.2) is 0 Å². The molecule has 1 saturated carbocycles. The van der Waals surface area contributed by atoms with E-state index in [0.717, 1.165) is 25.7 Å². The van der Waals surface area contributed by atoms with Crippen molar-refractivity contribution in [1.82, 2.24) is 0 Å². The zero-order valence-electron chi connectivity index (χ0n) is 7.71. The molecule has 0 radical (unpaired) electrons. The lowest BCUT2D eigenvalue weighted by molar-refractivity contribution is -0.132. The highest BCUT2D eigenvalue weighted by atomic mass is 16.1. The second-order valence-electron chi connectivity index (χ2n) is 3.51. The van der Waals surface area contributed by atoms with E-state index in [9.17, 15) is 9.59 Å². The third-order valence-electron chi connectivity index (χ3n) is 2.47. The molecule has 2 heteroatoms. The SMILES string of the molecule is C#CCCC[C@@H]1CCC(=O)CC1=O. The molecule has 0 bridgehead atoms. The Hall–Kier alpha value is -1.10. The number of terminal acetylenes is 1. The van der Waals surface area contributed by atoms with E-state index in [1.54, 1.807) is 0 Å². The minimum atomic E-state index is 0.0956. The molecule has 1 aliphatic carbocycles. The lowest BCUT2D eigenvalue weighted by atomic mass is 9.84. The summed E-state index contributed by atoms with van der Waals surface area (Å²) >= 11 is 0. The topological polar surface area (TPSA) is 34.1 Å². The first kappa shape index (κ1) is 9.98. The number of hydrogen-bond acceptors (Lipinski definition) is 2. The maximum atomic E-state index is 11.3. The first-order valence-electron chi connectivity index (χ1n) is 4.72. The van der Waals surface area contributed by atoms with Crippen molar-refractivity contribution in [3.63, 3.8) is 0 Å². The van der Waals surface area contributed by atoms with Crippen LogP contribution >= 0.6 is 0 Å². The van der Waals surface area contributed by atoms with Crippen molar-refractivity contribution in [3.8, 4) is 12.3 Å². The van der Waals surface area contributed by atoms with Gasteiger partial charge in [-0.1, -0.05) is 0 Å². The summed E-state index contributed by atoms with van der Waals surface area (Å²) in [5, 5.41) is 0. The summed E-state index contributed by atoms with van der Waals surface area (Å²) < 4.78 is 0. The minimum Gasteiger partial charge on any atom is -0.299 e. The highest BCUT2D eigenvalue weighted by Crippen LogP contribution is 2.22. The standard InChI is InChI=1S/C11H14O2/c1-2-3-4-5-9-6-7-10(12)8-11(9)13/h1,9H,3-8H2/t9-/m1/s1. The van der Waals surface area contributed by atoms with Gasteiger partial charge in [-0.05, 0) is 19.3 Å². The molecule has 1 rings (SSSR count). The fourth-order valence-corrected chi connectivity index (χ4v) is 1.68. The van der Waals surface area contributed by atoms with Crippen LogP contribution < -0.4 is 0 Å². The van der Waals surface area contributed by atoms with Crippen molar-refractivity contribution < 1.29 is 9.59 Å². The van der Waals surface area contributed by atoms with Gasteiger partial charge in [0, 0.05) is 18.8 Å². The van der Waals surface area contributed by atoms with Gasteiger partial charge in [-0.15, -0.1) is 12.3 Å². The summed E-state index contributed by atoms with van der Waals surface area (Å²) in [6.45, 7) is 0. The molecule has 1 aliphatic rings. The smallest absolute Gasteiger partial charge is 0.143 e. The number of unbranched alkanes of at least 4 members (excludes halogenated alkanes) is 1. The Kier molecular flexibility index (Phi) is 3.70. The molecular formula is C11H14O2. The Morgan fingerprint density at radius 1 is 1.46 bits per heavy atom. The van der Waals surface area contributed by atoms with E-state index >= 15 is 0 Å². The van der Waals surface area contributed by atoms with Crippen molar-refractivity contribution in [2.45, 2.75) is 38.5 Å². The van der Waals surface area contributed by atoms with Gasteiger partial charge in [0.05, 0.1) is 6.42 Å². The molecule has 0 aromatic rings. The molecule has 1 atom stereocenters. The van der Waals surface area contributed by atoms with Crippen LogP contribution in [0.5, 0.6) is 0 Å². The second-order valence-corrected chi connectivity index (χ2v) is 3.51. The largest absolute Gasteiger partial charge is 0.299 e. The van der Waals surface area contributed by atoms with Gasteiger partial charge in [-0.25, -0.2) is 0 Å². The first-order chi connectivity index (χ1) is 6.24. The molecule has 0 aromatic carbocycles. The molecule has 1 fully saturated rings. The third kappa shape index (κ3) is 3.02. The summed E-state index contributed by atoms with van der Waals surface area (Å²) in [6, 6.07) is 0. The Labute approximate surface area is 78.7 Å². The van der Waals surface area contributed by atoms with Gasteiger partial charge in [-0.2, -0.15) is 0 Å². The van der Waals surface area contributed by atoms with Crippen molar-refractivity contribution >= 4 is 11.6 Å². The Morgan fingerprint density at radius 2 is 2.23 bits per heavy atom. The van der Waals surface area contributed by atoms with Crippen LogP contribution in [0.1, 0.15) is 38.5 Å². The Bertz CT molecular complexity index is 247. The van der Waals surface area contributed by atoms with Crippen LogP contribution in [0.3, 0.4) is 0 Å². The average Bonchev–Trinajstić information content (AvgIpc) is 2.09. The minimum absolute atomic E-state index is 0.0956. The van der Waals surface area contributed by atoms with Crippen LogP contribution in [0.4, 0.5) is 0 Å². The van der Waals surface area contributed by atoms with E-state index in [-0.39, 0.29) is 23.9 Å². The summed E-state index contributed by atoms with van der Waals surface area (Å²) in [5.41, 5.74) is 0. The van der Waals surface area contributed by atoms with E-state index < -0.39 is 0 Å². The van der Waals surface area contributed by atoms with Crippen molar-refractivity contribution in [1.29, 1.82) is 0 Å². The molecule has 0 amide bonds. The quantitative estimate of drug-likeness (QED) is 0.374. The van der Waals surface area contributed by atoms with Crippen LogP contribution in [-0.4, -0.2) is 11.6 Å². The molecular weight excluding hydrogens is 164 g/mol. The van der Waals surface area contributed by atoms with E-state index in [2.05, 4.69) is 5.92 Å². The van der Waals surface area contributed by atoms with Crippen LogP contribution in [0.2, 0.25) is 0 Å². The van der Waals surface area contributed by atoms with Crippen molar-refractivity contribution in [2.75, 3.05) is 0 Å². The van der Waals surface area contributed by atoms with E-state index in [1.165, 1.54) is 0 Å². The predicted octanol–water partition coefficient (Wildman–Crippen LogP) is 1.73. The van der Waals surface area contributed by atoms with Crippen molar-refractivity contribution in [3.05, 3.63) is 0 Å². The van der Waals surface area contributed by atoms with Gasteiger partial charge in [0.1, 0.15) is 11.6 Å². The Balaban J connectivity index is 2.31. The monoisotopic (exact) mass is 178 g/mol. The van der Waals surface area contributed by atoms with Gasteiger partial charge in [0.2, 0.25) is 0 Å². The van der Waals surface area contributed by atoms with Crippen LogP contribution in [0.25, 0.3) is 0 Å². The lowest BCUT2D eigenvalue weighted by Crippen LogP contribution is -2.24. The molecule has 70 valence electrons. The molecule has 0 aliphatic heterocycles. The maximum Gasteiger partial charge on any atom is 0.143 e. The number of carbonyl (C=O) groups excluding carboxylic acids is 2. The summed E-state index contributed by atoms with van der Waals surface area (Å²) in [6.07, 6.45) is 9.07. The third-order valence-corrected chi connectivity index (χ3v) is 2.47. The fourth-order valence-electron chi connectivity index (χ4n) is 1.68. The molecule has 13 heavy (non-hydrogen) atoms. The molecule has 0 N–H and O–H groups in total. The number of rotatable bonds is 3. The number of hydrogen-bond donors (Lipinski definition) is 0.